The van der Waals surface area contributed by atoms with Crippen LogP contribution in [0.2, 0.25) is 0 Å². The van der Waals surface area contributed by atoms with Crippen LogP contribution in [0.15, 0.2) is 24.3 Å². The molecule has 1 saturated carbocycles. The number of hydrogen-bond donors (Lipinski definition) is 1. The molecule has 21 heavy (non-hydrogen) atoms. The molecule has 0 aliphatic heterocycles. The van der Waals surface area contributed by atoms with E-state index >= 15 is 0 Å². The Kier molecular flexibility index (Phi) is 6.19. The van der Waals surface area contributed by atoms with Crippen LogP contribution in [0.25, 0.3) is 0 Å². The Morgan fingerprint density at radius 1 is 1.33 bits per heavy atom. The summed E-state index contributed by atoms with van der Waals surface area (Å²) in [7, 11) is 4.23. The summed E-state index contributed by atoms with van der Waals surface area (Å²) in [4.78, 5) is 2.34. The third-order valence-corrected chi connectivity index (χ3v) is 4.93. The fourth-order valence-corrected chi connectivity index (χ4v) is 3.73. The zero-order valence-corrected chi connectivity index (χ0v) is 13.6. The van der Waals surface area contributed by atoms with Crippen LogP contribution in [0.3, 0.4) is 0 Å². The van der Waals surface area contributed by atoms with E-state index in [1.54, 1.807) is 12.1 Å². The van der Waals surface area contributed by atoms with Gasteiger partial charge in [0.25, 0.3) is 0 Å². The molecule has 3 unspecified atom stereocenters. The van der Waals surface area contributed by atoms with E-state index in [1.807, 2.05) is 6.07 Å². The average Bonchev–Trinajstić information content (AvgIpc) is 2.47. The van der Waals surface area contributed by atoms with Crippen molar-refractivity contribution in [3.8, 4) is 0 Å². The Balaban J connectivity index is 1.91. The topological polar surface area (TPSA) is 15.3 Å². The van der Waals surface area contributed by atoms with Crippen molar-refractivity contribution in [2.75, 3.05) is 20.6 Å². The molecule has 0 bridgehead atoms. The number of halogens is 1. The van der Waals surface area contributed by atoms with Crippen molar-refractivity contribution in [2.45, 2.75) is 45.2 Å². The lowest BCUT2D eigenvalue weighted by molar-refractivity contribution is 0.153. The van der Waals surface area contributed by atoms with Crippen molar-refractivity contribution in [3.63, 3.8) is 0 Å². The van der Waals surface area contributed by atoms with Crippen molar-refractivity contribution < 1.29 is 4.39 Å². The fraction of sp³-hybridized carbons (Fsp3) is 0.667. The summed E-state index contributed by atoms with van der Waals surface area (Å²) in [5.74, 6) is 1.44. The highest BCUT2D eigenvalue weighted by molar-refractivity contribution is 5.16. The van der Waals surface area contributed by atoms with Gasteiger partial charge in [0.15, 0.2) is 0 Å². The minimum atomic E-state index is -0.141. The van der Waals surface area contributed by atoms with Crippen LogP contribution in [-0.2, 0) is 6.54 Å². The van der Waals surface area contributed by atoms with Crippen molar-refractivity contribution in [1.29, 1.82) is 0 Å². The van der Waals surface area contributed by atoms with Gasteiger partial charge in [-0.05, 0) is 62.9 Å². The molecular weight excluding hydrogens is 263 g/mol. The number of nitrogens with zero attached hydrogens (tertiary/aromatic N) is 1. The van der Waals surface area contributed by atoms with Gasteiger partial charge in [-0.25, -0.2) is 4.39 Å². The Hall–Kier alpha value is -0.930. The lowest BCUT2D eigenvalue weighted by Crippen LogP contribution is -2.43. The van der Waals surface area contributed by atoms with Crippen LogP contribution in [0, 0.1) is 17.7 Å². The molecule has 1 aliphatic rings. The standard InChI is InChI=1S/C18H29FN2/c1-4-14-8-9-18(20-2)16(10-14)13-21(3)12-15-6-5-7-17(19)11-15/h5-7,11,14,16,18,20H,4,8-10,12-13H2,1-3H3. The van der Waals surface area contributed by atoms with Crippen molar-refractivity contribution in [1.82, 2.24) is 10.2 Å². The quantitative estimate of drug-likeness (QED) is 0.860. The molecule has 2 rings (SSSR count). The summed E-state index contributed by atoms with van der Waals surface area (Å²) < 4.78 is 13.3. The van der Waals surface area contributed by atoms with Crippen LogP contribution in [0.5, 0.6) is 0 Å². The second-order valence-electron chi connectivity index (χ2n) is 6.57. The minimum Gasteiger partial charge on any atom is -0.317 e. The SMILES string of the molecule is CCC1CCC(NC)C(CN(C)Cc2cccc(F)c2)C1. The summed E-state index contributed by atoms with van der Waals surface area (Å²) >= 11 is 0. The number of benzene rings is 1. The van der Waals surface area contributed by atoms with Gasteiger partial charge >= 0.3 is 0 Å². The maximum atomic E-state index is 13.3. The number of rotatable bonds is 6. The Bertz CT molecular complexity index is 435. The lowest BCUT2D eigenvalue weighted by atomic mass is 9.76. The summed E-state index contributed by atoms with van der Waals surface area (Å²) in [6, 6.07) is 7.57. The molecule has 1 aromatic rings. The number of nitrogens with one attached hydrogen (secondary N) is 1. The molecule has 0 spiro atoms. The molecule has 0 aromatic heterocycles. The van der Waals surface area contributed by atoms with E-state index in [-0.39, 0.29) is 5.82 Å². The number of hydrogen-bond acceptors (Lipinski definition) is 2. The molecule has 1 aliphatic carbocycles. The maximum absolute atomic E-state index is 13.3. The van der Waals surface area contributed by atoms with Gasteiger partial charge in [-0.1, -0.05) is 25.5 Å². The van der Waals surface area contributed by atoms with E-state index in [9.17, 15) is 4.39 Å². The Labute approximate surface area is 128 Å². The lowest BCUT2D eigenvalue weighted by Gasteiger charge is -2.38. The Morgan fingerprint density at radius 2 is 2.14 bits per heavy atom. The average molecular weight is 292 g/mol. The smallest absolute Gasteiger partial charge is 0.123 e. The highest BCUT2D eigenvalue weighted by Gasteiger charge is 2.29. The molecule has 0 amide bonds. The molecule has 1 N–H and O–H groups in total. The molecule has 3 atom stereocenters. The first kappa shape index (κ1) is 16.4. The van der Waals surface area contributed by atoms with Gasteiger partial charge in [-0.3, -0.25) is 0 Å². The highest BCUT2D eigenvalue weighted by Crippen LogP contribution is 2.31. The van der Waals surface area contributed by atoms with Gasteiger partial charge in [0.05, 0.1) is 0 Å². The van der Waals surface area contributed by atoms with Gasteiger partial charge < -0.3 is 10.2 Å². The van der Waals surface area contributed by atoms with Crippen molar-refractivity contribution in [2.24, 2.45) is 11.8 Å². The van der Waals surface area contributed by atoms with Crippen LogP contribution >= 0.6 is 0 Å². The fourth-order valence-electron chi connectivity index (χ4n) is 3.73. The molecule has 0 radical (unpaired) electrons. The highest BCUT2D eigenvalue weighted by atomic mass is 19.1. The van der Waals surface area contributed by atoms with Crippen molar-refractivity contribution in [3.05, 3.63) is 35.6 Å². The first-order valence-corrected chi connectivity index (χ1v) is 8.22. The zero-order valence-electron chi connectivity index (χ0n) is 13.6. The van der Waals surface area contributed by atoms with Gasteiger partial charge in [-0.2, -0.15) is 0 Å². The van der Waals surface area contributed by atoms with Gasteiger partial charge in [0.2, 0.25) is 0 Å². The summed E-state index contributed by atoms with van der Waals surface area (Å²) in [5.41, 5.74) is 1.06. The maximum Gasteiger partial charge on any atom is 0.123 e. The van der Waals surface area contributed by atoms with E-state index < -0.39 is 0 Å². The second-order valence-corrected chi connectivity index (χ2v) is 6.57. The Morgan fingerprint density at radius 3 is 2.81 bits per heavy atom. The molecule has 1 fully saturated rings. The van der Waals surface area contributed by atoms with Crippen LogP contribution in [0.4, 0.5) is 4.39 Å². The molecule has 3 heteroatoms. The molecule has 0 heterocycles. The van der Waals surface area contributed by atoms with Crippen LogP contribution in [-0.4, -0.2) is 31.6 Å². The third-order valence-electron chi connectivity index (χ3n) is 4.93. The van der Waals surface area contributed by atoms with E-state index in [1.165, 1.54) is 31.7 Å². The van der Waals surface area contributed by atoms with Crippen LogP contribution in [0.1, 0.15) is 38.2 Å². The summed E-state index contributed by atoms with van der Waals surface area (Å²) in [6.07, 6.45) is 5.25. The summed E-state index contributed by atoms with van der Waals surface area (Å²) in [6.45, 7) is 4.21. The van der Waals surface area contributed by atoms with Crippen molar-refractivity contribution >= 4 is 0 Å². The van der Waals surface area contributed by atoms with E-state index in [4.69, 9.17) is 0 Å². The van der Waals surface area contributed by atoms with Gasteiger partial charge in [0.1, 0.15) is 5.82 Å². The molecule has 0 saturated heterocycles. The van der Waals surface area contributed by atoms with Gasteiger partial charge in [-0.15, -0.1) is 0 Å². The van der Waals surface area contributed by atoms with E-state index in [0.717, 1.165) is 24.6 Å². The first-order valence-electron chi connectivity index (χ1n) is 8.22. The minimum absolute atomic E-state index is 0.141. The van der Waals surface area contributed by atoms with E-state index in [2.05, 4.69) is 31.2 Å². The largest absolute Gasteiger partial charge is 0.317 e. The monoisotopic (exact) mass is 292 g/mol. The molecule has 2 nitrogen and oxygen atoms in total. The van der Waals surface area contributed by atoms with Crippen LogP contribution < -0.4 is 5.32 Å². The molecule has 118 valence electrons. The zero-order chi connectivity index (χ0) is 15.2. The second kappa shape index (κ2) is 7.90. The third kappa shape index (κ3) is 4.79. The molecular formula is C18H29FN2. The normalized spacial score (nSPS) is 26.2. The molecule has 1 aromatic carbocycles. The first-order chi connectivity index (χ1) is 10.1. The van der Waals surface area contributed by atoms with Gasteiger partial charge in [0, 0.05) is 19.1 Å². The van der Waals surface area contributed by atoms with E-state index in [0.29, 0.717) is 12.0 Å². The summed E-state index contributed by atoms with van der Waals surface area (Å²) in [5, 5.41) is 3.49. The predicted octanol–water partition coefficient (Wildman–Crippen LogP) is 3.67. The predicted molar refractivity (Wildman–Crippen MR) is 86.7 cm³/mol.